The van der Waals surface area contributed by atoms with E-state index in [4.69, 9.17) is 4.74 Å². The van der Waals surface area contributed by atoms with Crippen molar-refractivity contribution in [1.82, 2.24) is 14.5 Å². The minimum Gasteiger partial charge on any atom is -0.379 e. The van der Waals surface area contributed by atoms with Gasteiger partial charge in [-0.15, -0.1) is 11.3 Å². The largest absolute Gasteiger partial charge is 0.379 e. The third-order valence-corrected chi connectivity index (χ3v) is 8.63. The molecule has 1 amide bonds. The smallest absolute Gasteiger partial charge is 0.251 e. The zero-order chi connectivity index (χ0) is 22.4. The van der Waals surface area contributed by atoms with Crippen LogP contribution in [0.15, 0.2) is 40.6 Å². The highest BCUT2D eigenvalue weighted by molar-refractivity contribution is 7.89. The number of hydrogen-bond acceptors (Lipinski definition) is 6. The van der Waals surface area contributed by atoms with Gasteiger partial charge >= 0.3 is 0 Å². The number of rotatable bonds is 9. The highest BCUT2D eigenvalue weighted by atomic mass is 32.2. The summed E-state index contributed by atoms with van der Waals surface area (Å²) in [7, 11) is -3.62. The number of benzene rings is 1. The molecule has 1 fully saturated rings. The van der Waals surface area contributed by atoms with Crippen LogP contribution < -0.4 is 5.32 Å². The molecule has 1 aromatic carbocycles. The van der Waals surface area contributed by atoms with Gasteiger partial charge in [-0.25, -0.2) is 8.42 Å². The molecule has 2 aromatic rings. The Morgan fingerprint density at radius 1 is 1.23 bits per heavy atom. The lowest BCUT2D eigenvalue weighted by Crippen LogP contribution is -2.43. The lowest BCUT2D eigenvalue weighted by atomic mass is 10.1. The average Bonchev–Trinajstić information content (AvgIpc) is 3.30. The van der Waals surface area contributed by atoms with E-state index in [-0.39, 0.29) is 16.8 Å². The van der Waals surface area contributed by atoms with Crippen molar-refractivity contribution in [2.45, 2.75) is 31.7 Å². The third kappa shape index (κ3) is 5.53. The Morgan fingerprint density at radius 2 is 1.94 bits per heavy atom. The first-order chi connectivity index (χ1) is 14.9. The van der Waals surface area contributed by atoms with Crippen LogP contribution in [0.2, 0.25) is 0 Å². The molecule has 9 heteroatoms. The van der Waals surface area contributed by atoms with E-state index in [1.54, 1.807) is 37.3 Å². The van der Waals surface area contributed by atoms with Gasteiger partial charge in [-0.1, -0.05) is 26.0 Å². The molecule has 1 atom stereocenters. The van der Waals surface area contributed by atoms with E-state index < -0.39 is 10.0 Å². The van der Waals surface area contributed by atoms with Crippen LogP contribution in [0.1, 0.15) is 40.7 Å². The number of aryl methyl sites for hydroxylation is 1. The number of hydrogen-bond donors (Lipinski definition) is 1. The van der Waals surface area contributed by atoms with Crippen molar-refractivity contribution in [3.05, 3.63) is 51.7 Å². The fraction of sp³-hybridized carbons (Fsp3) is 0.500. The zero-order valence-corrected chi connectivity index (χ0v) is 20.0. The number of morpholine rings is 1. The van der Waals surface area contributed by atoms with Crippen molar-refractivity contribution in [2.24, 2.45) is 0 Å². The second-order valence-corrected chi connectivity index (χ2v) is 10.4. The molecule has 0 bridgehead atoms. The summed E-state index contributed by atoms with van der Waals surface area (Å²) in [6, 6.07) is 8.93. The molecule has 1 saturated heterocycles. The topological polar surface area (TPSA) is 79.0 Å². The van der Waals surface area contributed by atoms with Gasteiger partial charge in [0, 0.05) is 43.2 Å². The monoisotopic (exact) mass is 465 g/mol. The molecule has 7 nitrogen and oxygen atoms in total. The Morgan fingerprint density at radius 3 is 2.55 bits per heavy atom. The van der Waals surface area contributed by atoms with Gasteiger partial charge in [0.15, 0.2) is 0 Å². The number of thiophene rings is 1. The van der Waals surface area contributed by atoms with E-state index in [1.165, 1.54) is 15.2 Å². The summed E-state index contributed by atoms with van der Waals surface area (Å²) in [5.74, 6) is -0.260. The third-order valence-electron chi connectivity index (χ3n) is 5.61. The summed E-state index contributed by atoms with van der Waals surface area (Å²) < 4.78 is 32.6. The van der Waals surface area contributed by atoms with E-state index >= 15 is 0 Å². The van der Waals surface area contributed by atoms with Gasteiger partial charge in [0.1, 0.15) is 0 Å². The van der Waals surface area contributed by atoms with Crippen LogP contribution in [-0.2, 0) is 14.8 Å². The van der Waals surface area contributed by atoms with Crippen molar-refractivity contribution in [3.63, 3.8) is 0 Å². The predicted molar refractivity (Wildman–Crippen MR) is 123 cm³/mol. The number of nitrogens with zero attached hydrogens (tertiary/aromatic N) is 2. The minimum absolute atomic E-state index is 0.0655. The van der Waals surface area contributed by atoms with Crippen molar-refractivity contribution >= 4 is 27.3 Å². The van der Waals surface area contributed by atoms with Crippen LogP contribution in [0, 0.1) is 6.92 Å². The number of carbonyl (C=O) groups is 1. The fourth-order valence-electron chi connectivity index (χ4n) is 3.78. The highest BCUT2D eigenvalue weighted by Gasteiger charge is 2.26. The van der Waals surface area contributed by atoms with Crippen LogP contribution in [0.25, 0.3) is 0 Å². The van der Waals surface area contributed by atoms with Crippen molar-refractivity contribution in [2.75, 3.05) is 45.9 Å². The Hall–Kier alpha value is -1.78. The molecule has 31 heavy (non-hydrogen) atoms. The molecule has 1 aromatic heterocycles. The van der Waals surface area contributed by atoms with E-state index in [0.717, 1.165) is 18.7 Å². The second kappa shape index (κ2) is 10.7. The Bertz CT molecular complexity index is 967. The van der Waals surface area contributed by atoms with E-state index in [9.17, 15) is 13.2 Å². The maximum atomic E-state index is 13.1. The summed E-state index contributed by atoms with van der Waals surface area (Å²) >= 11 is 1.67. The molecule has 2 heterocycles. The van der Waals surface area contributed by atoms with Gasteiger partial charge in [0.2, 0.25) is 10.0 Å². The molecule has 0 aliphatic carbocycles. The van der Waals surface area contributed by atoms with Crippen LogP contribution in [0.5, 0.6) is 0 Å². The molecule has 0 spiro atoms. The van der Waals surface area contributed by atoms with Gasteiger partial charge in [-0.05, 0) is 36.1 Å². The molecule has 0 radical (unpaired) electrons. The minimum atomic E-state index is -3.62. The average molecular weight is 466 g/mol. The van der Waals surface area contributed by atoms with Crippen LogP contribution >= 0.6 is 11.3 Å². The molecule has 1 aliphatic heterocycles. The van der Waals surface area contributed by atoms with Gasteiger partial charge in [0.05, 0.1) is 24.2 Å². The first kappa shape index (κ1) is 23.9. The maximum absolute atomic E-state index is 13.1. The Balaban J connectivity index is 1.79. The Kier molecular flexibility index (Phi) is 8.23. The molecule has 170 valence electrons. The van der Waals surface area contributed by atoms with Crippen molar-refractivity contribution in [1.29, 1.82) is 0 Å². The fourth-order valence-corrected chi connectivity index (χ4v) is 6.13. The van der Waals surface area contributed by atoms with Gasteiger partial charge in [-0.3, -0.25) is 9.69 Å². The number of amides is 1. The van der Waals surface area contributed by atoms with Crippen LogP contribution in [-0.4, -0.2) is 69.5 Å². The molecule has 1 aliphatic rings. The summed E-state index contributed by atoms with van der Waals surface area (Å²) in [4.78, 5) is 16.7. The Labute approximate surface area is 189 Å². The van der Waals surface area contributed by atoms with Gasteiger partial charge < -0.3 is 10.1 Å². The lowest BCUT2D eigenvalue weighted by Gasteiger charge is -2.34. The summed E-state index contributed by atoms with van der Waals surface area (Å²) in [5, 5.41) is 5.08. The highest BCUT2D eigenvalue weighted by Crippen LogP contribution is 2.26. The van der Waals surface area contributed by atoms with Gasteiger partial charge in [-0.2, -0.15) is 4.31 Å². The molecule has 1 N–H and O–H groups in total. The quantitative estimate of drug-likeness (QED) is 0.616. The number of nitrogens with one attached hydrogen (secondary N) is 1. The van der Waals surface area contributed by atoms with E-state index in [1.807, 2.05) is 18.4 Å². The van der Waals surface area contributed by atoms with Crippen molar-refractivity contribution < 1.29 is 17.9 Å². The normalized spacial score (nSPS) is 16.4. The van der Waals surface area contributed by atoms with E-state index in [0.29, 0.717) is 38.4 Å². The lowest BCUT2D eigenvalue weighted by molar-refractivity contribution is 0.0169. The first-order valence-corrected chi connectivity index (χ1v) is 12.9. The van der Waals surface area contributed by atoms with Gasteiger partial charge in [0.25, 0.3) is 5.91 Å². The maximum Gasteiger partial charge on any atom is 0.251 e. The first-order valence-electron chi connectivity index (χ1n) is 10.6. The molecule has 1 unspecified atom stereocenters. The summed E-state index contributed by atoms with van der Waals surface area (Å²) in [5.41, 5.74) is 1.13. The molecule has 3 rings (SSSR count). The second-order valence-electron chi connectivity index (χ2n) is 7.46. The van der Waals surface area contributed by atoms with Crippen LogP contribution in [0.3, 0.4) is 0 Å². The SMILES string of the molecule is CCN(CC)S(=O)(=O)c1ccc(C)c(C(=O)NCC(c2cccs2)N2CCOCC2)c1. The summed E-state index contributed by atoms with van der Waals surface area (Å²) in [6.45, 7) is 9.64. The molecule has 0 saturated carbocycles. The number of carbonyl (C=O) groups excluding carboxylic acids is 1. The zero-order valence-electron chi connectivity index (χ0n) is 18.3. The number of sulfonamides is 1. The molecular formula is C22H31N3O4S2. The van der Waals surface area contributed by atoms with Crippen molar-refractivity contribution in [3.8, 4) is 0 Å². The van der Waals surface area contributed by atoms with E-state index in [2.05, 4.69) is 16.3 Å². The number of ether oxygens (including phenoxy) is 1. The standard InChI is InChI=1S/C22H31N3O4S2/c1-4-25(5-2)31(27,28)18-9-8-17(3)19(15-18)22(26)23-16-20(21-7-6-14-30-21)24-10-12-29-13-11-24/h6-9,14-15,20H,4-5,10-13,16H2,1-3H3,(H,23,26). The summed E-state index contributed by atoms with van der Waals surface area (Å²) in [6.07, 6.45) is 0. The predicted octanol–water partition coefficient (Wildman–Crippen LogP) is 2.89. The molecular weight excluding hydrogens is 434 g/mol. The van der Waals surface area contributed by atoms with Crippen LogP contribution in [0.4, 0.5) is 0 Å².